The predicted octanol–water partition coefficient (Wildman–Crippen LogP) is 4.02. The van der Waals surface area contributed by atoms with Crippen molar-refractivity contribution >= 4 is 17.3 Å². The van der Waals surface area contributed by atoms with E-state index >= 15 is 0 Å². The third-order valence-electron chi connectivity index (χ3n) is 4.10. The first kappa shape index (κ1) is 17.2. The minimum absolute atomic E-state index is 0.246. The first-order valence-corrected chi connectivity index (χ1v) is 8.27. The third kappa shape index (κ3) is 3.55. The fourth-order valence-corrected chi connectivity index (χ4v) is 2.60. The lowest BCUT2D eigenvalue weighted by molar-refractivity contribution is 0.102. The zero-order chi connectivity index (χ0) is 18.5. The monoisotopic (exact) mass is 342 g/mol. The Morgan fingerprint density at radius 2 is 1.92 bits per heavy atom. The molecule has 3 N–H and O–H groups in total. The zero-order valence-electron chi connectivity index (χ0n) is 14.4. The van der Waals surface area contributed by atoms with E-state index in [9.17, 15) is 10.1 Å². The van der Waals surface area contributed by atoms with Crippen molar-refractivity contribution in [3.05, 3.63) is 77.5 Å². The standard InChI is InChI=1S/C21H18N4O/c1-2-14-11-17(12-22)20(24-13-14)15-7-9-16(10-8-15)21(26)25-19-6-4-3-5-18(19)23/h3-11,13H,2,23H2,1H3,(H,25,26). The molecular formula is C21H18N4O. The van der Waals surface area contributed by atoms with Crippen molar-refractivity contribution in [3.63, 3.8) is 0 Å². The summed E-state index contributed by atoms with van der Waals surface area (Å²) < 4.78 is 0. The SMILES string of the molecule is CCc1cnc(-c2ccc(C(=O)Nc3ccccc3N)cc2)c(C#N)c1. The number of hydrogen-bond acceptors (Lipinski definition) is 4. The minimum Gasteiger partial charge on any atom is -0.397 e. The molecule has 3 aromatic rings. The number of carbonyl (C=O) groups excluding carboxylic acids is 1. The lowest BCUT2D eigenvalue weighted by atomic mass is 10.0. The molecule has 0 saturated carbocycles. The Labute approximate surface area is 152 Å². The van der Waals surface area contributed by atoms with Gasteiger partial charge in [0.2, 0.25) is 0 Å². The Balaban J connectivity index is 1.84. The van der Waals surface area contributed by atoms with Crippen LogP contribution in [-0.2, 0) is 6.42 Å². The molecule has 128 valence electrons. The second-order valence-corrected chi connectivity index (χ2v) is 5.82. The van der Waals surface area contributed by atoms with Crippen LogP contribution in [-0.4, -0.2) is 10.9 Å². The van der Waals surface area contributed by atoms with Crippen LogP contribution >= 0.6 is 0 Å². The molecule has 0 aliphatic rings. The zero-order valence-corrected chi connectivity index (χ0v) is 14.4. The van der Waals surface area contributed by atoms with Gasteiger partial charge >= 0.3 is 0 Å². The number of nitrogen functional groups attached to an aromatic ring is 1. The number of rotatable bonds is 4. The summed E-state index contributed by atoms with van der Waals surface area (Å²) in [6.45, 7) is 2.02. The smallest absolute Gasteiger partial charge is 0.255 e. The average Bonchev–Trinajstić information content (AvgIpc) is 2.69. The van der Waals surface area contributed by atoms with Crippen LogP contribution in [0.15, 0.2) is 60.8 Å². The third-order valence-corrected chi connectivity index (χ3v) is 4.10. The van der Waals surface area contributed by atoms with E-state index in [1.165, 1.54) is 0 Å². The number of nitriles is 1. The quantitative estimate of drug-likeness (QED) is 0.701. The molecule has 1 aromatic heterocycles. The largest absolute Gasteiger partial charge is 0.397 e. The van der Waals surface area contributed by atoms with Crippen LogP contribution in [0.4, 0.5) is 11.4 Å². The van der Waals surface area contributed by atoms with Gasteiger partial charge in [-0.15, -0.1) is 0 Å². The number of carbonyl (C=O) groups is 1. The van der Waals surface area contributed by atoms with Gasteiger partial charge < -0.3 is 11.1 Å². The van der Waals surface area contributed by atoms with E-state index in [0.717, 1.165) is 17.5 Å². The van der Waals surface area contributed by atoms with Gasteiger partial charge in [-0.25, -0.2) is 0 Å². The van der Waals surface area contributed by atoms with Crippen molar-refractivity contribution in [1.82, 2.24) is 4.98 Å². The van der Waals surface area contributed by atoms with Crippen molar-refractivity contribution in [2.45, 2.75) is 13.3 Å². The molecule has 5 heteroatoms. The summed E-state index contributed by atoms with van der Waals surface area (Å²) >= 11 is 0. The molecule has 0 radical (unpaired) electrons. The molecule has 26 heavy (non-hydrogen) atoms. The molecule has 5 nitrogen and oxygen atoms in total. The number of para-hydroxylation sites is 2. The van der Waals surface area contributed by atoms with Gasteiger partial charge in [-0.3, -0.25) is 9.78 Å². The number of amides is 1. The van der Waals surface area contributed by atoms with E-state index in [0.29, 0.717) is 28.2 Å². The normalized spacial score (nSPS) is 10.2. The minimum atomic E-state index is -0.246. The van der Waals surface area contributed by atoms with Gasteiger partial charge in [0.15, 0.2) is 0 Å². The number of nitrogens with zero attached hydrogens (tertiary/aromatic N) is 2. The Morgan fingerprint density at radius 3 is 2.58 bits per heavy atom. The number of pyridine rings is 1. The highest BCUT2D eigenvalue weighted by molar-refractivity contribution is 6.05. The van der Waals surface area contributed by atoms with E-state index in [2.05, 4.69) is 16.4 Å². The topological polar surface area (TPSA) is 91.8 Å². The highest BCUT2D eigenvalue weighted by atomic mass is 16.1. The number of nitrogens with two attached hydrogens (primary N) is 1. The summed E-state index contributed by atoms with van der Waals surface area (Å²) in [6, 6.07) is 18.1. The number of hydrogen-bond donors (Lipinski definition) is 2. The first-order valence-electron chi connectivity index (χ1n) is 8.27. The molecule has 0 bridgehead atoms. The highest BCUT2D eigenvalue weighted by Gasteiger charge is 2.11. The fraction of sp³-hybridized carbons (Fsp3) is 0.0952. The molecule has 0 fully saturated rings. The van der Waals surface area contributed by atoms with Gasteiger partial charge in [-0.1, -0.05) is 31.2 Å². The summed E-state index contributed by atoms with van der Waals surface area (Å²) in [5.74, 6) is -0.246. The first-order chi connectivity index (χ1) is 12.6. The van der Waals surface area contributed by atoms with Crippen molar-refractivity contribution in [3.8, 4) is 17.3 Å². The summed E-state index contributed by atoms with van der Waals surface area (Å²) in [4.78, 5) is 16.8. The van der Waals surface area contributed by atoms with Gasteiger partial charge in [0.05, 0.1) is 22.6 Å². The van der Waals surface area contributed by atoms with E-state index in [4.69, 9.17) is 5.73 Å². The molecular weight excluding hydrogens is 324 g/mol. The van der Waals surface area contributed by atoms with Gasteiger partial charge in [0.1, 0.15) is 6.07 Å². The number of aromatic nitrogens is 1. The molecule has 0 unspecified atom stereocenters. The summed E-state index contributed by atoms with van der Waals surface area (Å²) in [5, 5.41) is 12.2. The molecule has 2 aromatic carbocycles. The van der Waals surface area contributed by atoms with Crippen molar-refractivity contribution in [2.24, 2.45) is 0 Å². The van der Waals surface area contributed by atoms with Crippen molar-refractivity contribution in [1.29, 1.82) is 5.26 Å². The lowest BCUT2D eigenvalue weighted by Crippen LogP contribution is -2.13. The molecule has 0 saturated heterocycles. The molecule has 0 spiro atoms. The van der Waals surface area contributed by atoms with E-state index in [1.807, 2.05) is 25.1 Å². The molecule has 0 aliphatic heterocycles. The van der Waals surface area contributed by atoms with Crippen LogP contribution in [0.25, 0.3) is 11.3 Å². The molecule has 0 atom stereocenters. The average molecular weight is 342 g/mol. The van der Waals surface area contributed by atoms with Crippen LogP contribution in [0, 0.1) is 11.3 Å². The van der Waals surface area contributed by atoms with Gasteiger partial charge in [0.25, 0.3) is 5.91 Å². The van der Waals surface area contributed by atoms with Crippen LogP contribution in [0.3, 0.4) is 0 Å². The number of anilines is 2. The fourth-order valence-electron chi connectivity index (χ4n) is 2.60. The number of nitrogens with one attached hydrogen (secondary N) is 1. The Bertz CT molecular complexity index is 988. The number of benzene rings is 2. The second-order valence-electron chi connectivity index (χ2n) is 5.82. The Morgan fingerprint density at radius 1 is 1.19 bits per heavy atom. The van der Waals surface area contributed by atoms with Crippen molar-refractivity contribution < 1.29 is 4.79 Å². The molecule has 3 rings (SSSR count). The summed E-state index contributed by atoms with van der Waals surface area (Å²) in [6.07, 6.45) is 2.60. The maximum absolute atomic E-state index is 12.4. The van der Waals surface area contributed by atoms with E-state index in [1.54, 1.807) is 42.6 Å². The van der Waals surface area contributed by atoms with E-state index in [-0.39, 0.29) is 5.91 Å². The summed E-state index contributed by atoms with van der Waals surface area (Å²) in [7, 11) is 0. The van der Waals surface area contributed by atoms with Crippen LogP contribution in [0.5, 0.6) is 0 Å². The maximum atomic E-state index is 12.4. The van der Waals surface area contributed by atoms with E-state index < -0.39 is 0 Å². The summed E-state index contributed by atoms with van der Waals surface area (Å²) in [5.41, 5.74) is 10.4. The Kier molecular flexibility index (Phi) is 4.95. The van der Waals surface area contributed by atoms with Crippen LogP contribution in [0.1, 0.15) is 28.4 Å². The predicted molar refractivity (Wildman–Crippen MR) is 103 cm³/mol. The second kappa shape index (κ2) is 7.49. The van der Waals surface area contributed by atoms with Crippen molar-refractivity contribution in [2.75, 3.05) is 11.1 Å². The Hall–Kier alpha value is -3.65. The van der Waals surface area contributed by atoms with Gasteiger partial charge in [-0.2, -0.15) is 5.26 Å². The molecule has 1 amide bonds. The highest BCUT2D eigenvalue weighted by Crippen LogP contribution is 2.23. The lowest BCUT2D eigenvalue weighted by Gasteiger charge is -2.09. The maximum Gasteiger partial charge on any atom is 0.255 e. The molecule has 0 aliphatic carbocycles. The van der Waals surface area contributed by atoms with Gasteiger partial charge in [0, 0.05) is 17.3 Å². The van der Waals surface area contributed by atoms with Crippen LogP contribution in [0.2, 0.25) is 0 Å². The van der Waals surface area contributed by atoms with Crippen LogP contribution < -0.4 is 11.1 Å². The molecule has 1 heterocycles. The van der Waals surface area contributed by atoms with Gasteiger partial charge in [-0.05, 0) is 42.3 Å². The number of aryl methyl sites for hydroxylation is 1.